The van der Waals surface area contributed by atoms with Crippen molar-refractivity contribution in [1.82, 2.24) is 19.8 Å². The molecule has 1 fully saturated rings. The number of morpholine rings is 1. The minimum Gasteiger partial charge on any atom is -0.385 e. The van der Waals surface area contributed by atoms with Gasteiger partial charge in [-0.1, -0.05) is 0 Å². The van der Waals surface area contributed by atoms with Crippen LogP contribution in [0.2, 0.25) is 0 Å². The monoisotopic (exact) mass is 336 g/mol. The average molecular weight is 336 g/mol. The fourth-order valence-electron chi connectivity index (χ4n) is 2.49. The van der Waals surface area contributed by atoms with Crippen LogP contribution in [0.15, 0.2) is 18.6 Å². The number of nitrogens with zero attached hydrogens (tertiary/aromatic N) is 4. The summed E-state index contributed by atoms with van der Waals surface area (Å²) in [5.74, 6) is -0.170. The first kappa shape index (κ1) is 18.3. The van der Waals surface area contributed by atoms with Crippen molar-refractivity contribution < 1.29 is 19.1 Å². The molecule has 0 aliphatic carbocycles. The van der Waals surface area contributed by atoms with Crippen LogP contribution in [0.4, 0.5) is 0 Å². The molecular weight excluding hydrogens is 312 g/mol. The molecule has 0 radical (unpaired) electrons. The van der Waals surface area contributed by atoms with Crippen LogP contribution >= 0.6 is 0 Å². The molecule has 0 atom stereocenters. The fraction of sp³-hybridized carbons (Fsp3) is 0.625. The van der Waals surface area contributed by atoms with Crippen molar-refractivity contribution >= 4 is 11.8 Å². The molecule has 8 nitrogen and oxygen atoms in total. The van der Waals surface area contributed by atoms with Gasteiger partial charge in [-0.2, -0.15) is 0 Å². The van der Waals surface area contributed by atoms with E-state index in [1.165, 1.54) is 18.6 Å². The van der Waals surface area contributed by atoms with Crippen molar-refractivity contribution in [2.75, 3.05) is 53.1 Å². The number of amides is 2. The molecule has 0 spiro atoms. The first-order valence-electron chi connectivity index (χ1n) is 8.12. The zero-order chi connectivity index (χ0) is 17.2. The molecule has 1 aromatic rings. The van der Waals surface area contributed by atoms with Crippen LogP contribution in [0.5, 0.6) is 0 Å². The maximum Gasteiger partial charge on any atom is 0.274 e. The summed E-state index contributed by atoms with van der Waals surface area (Å²) < 4.78 is 10.3. The van der Waals surface area contributed by atoms with Gasteiger partial charge in [-0.3, -0.25) is 14.6 Å². The summed E-state index contributed by atoms with van der Waals surface area (Å²) >= 11 is 0. The van der Waals surface area contributed by atoms with Gasteiger partial charge >= 0.3 is 0 Å². The largest absolute Gasteiger partial charge is 0.385 e. The van der Waals surface area contributed by atoms with Crippen LogP contribution in [0, 0.1) is 0 Å². The van der Waals surface area contributed by atoms with Gasteiger partial charge in [-0.25, -0.2) is 4.98 Å². The summed E-state index contributed by atoms with van der Waals surface area (Å²) in [5.41, 5.74) is 0.286. The zero-order valence-corrected chi connectivity index (χ0v) is 14.0. The molecule has 0 bridgehead atoms. The van der Waals surface area contributed by atoms with E-state index in [1.807, 2.05) is 0 Å². The highest BCUT2D eigenvalue weighted by molar-refractivity contribution is 5.92. The van der Waals surface area contributed by atoms with Gasteiger partial charge in [0, 0.05) is 58.7 Å². The summed E-state index contributed by atoms with van der Waals surface area (Å²) in [6.07, 6.45) is 5.44. The predicted molar refractivity (Wildman–Crippen MR) is 86.4 cm³/mol. The number of hydrogen-bond donors (Lipinski definition) is 0. The van der Waals surface area contributed by atoms with Gasteiger partial charge in [0.15, 0.2) is 0 Å². The Labute approximate surface area is 141 Å². The Bertz CT molecular complexity index is 520. The predicted octanol–water partition coefficient (Wildman–Crippen LogP) is 0.204. The molecule has 1 aliphatic rings. The van der Waals surface area contributed by atoms with E-state index in [9.17, 15) is 9.59 Å². The lowest BCUT2D eigenvalue weighted by molar-refractivity contribution is -0.135. The zero-order valence-electron chi connectivity index (χ0n) is 14.0. The molecule has 1 saturated heterocycles. The highest BCUT2D eigenvalue weighted by Gasteiger charge is 2.21. The van der Waals surface area contributed by atoms with E-state index in [1.54, 1.807) is 16.9 Å². The highest BCUT2D eigenvalue weighted by atomic mass is 16.5. The van der Waals surface area contributed by atoms with Crippen molar-refractivity contribution in [3.05, 3.63) is 24.3 Å². The Hall–Kier alpha value is -2.06. The van der Waals surface area contributed by atoms with Crippen molar-refractivity contribution in [2.24, 2.45) is 0 Å². The van der Waals surface area contributed by atoms with Crippen LogP contribution in [0.25, 0.3) is 0 Å². The number of ether oxygens (including phenoxy) is 2. The second-order valence-electron chi connectivity index (χ2n) is 5.47. The minimum absolute atomic E-state index is 0.0435. The van der Waals surface area contributed by atoms with Gasteiger partial charge in [-0.15, -0.1) is 0 Å². The van der Waals surface area contributed by atoms with Gasteiger partial charge in [0.1, 0.15) is 5.69 Å². The Morgan fingerprint density at radius 2 is 2.08 bits per heavy atom. The van der Waals surface area contributed by atoms with Crippen LogP contribution in [-0.4, -0.2) is 84.7 Å². The van der Waals surface area contributed by atoms with E-state index < -0.39 is 0 Å². The SMILES string of the molecule is COCCCN(CCC(=O)N1CCOCC1)C(=O)c1cnccn1. The maximum atomic E-state index is 12.6. The number of carbonyl (C=O) groups is 2. The van der Waals surface area contributed by atoms with Crippen LogP contribution in [-0.2, 0) is 14.3 Å². The lowest BCUT2D eigenvalue weighted by Gasteiger charge is -2.28. The summed E-state index contributed by atoms with van der Waals surface area (Å²) in [5, 5.41) is 0. The highest BCUT2D eigenvalue weighted by Crippen LogP contribution is 2.06. The quantitative estimate of drug-likeness (QED) is 0.631. The van der Waals surface area contributed by atoms with Crippen molar-refractivity contribution in [3.8, 4) is 0 Å². The fourth-order valence-corrected chi connectivity index (χ4v) is 2.49. The molecule has 0 saturated carbocycles. The molecular formula is C16H24N4O4. The topological polar surface area (TPSA) is 84.9 Å². The first-order valence-corrected chi connectivity index (χ1v) is 8.12. The van der Waals surface area contributed by atoms with Crippen LogP contribution in [0.1, 0.15) is 23.3 Å². The molecule has 0 unspecified atom stereocenters. The first-order chi connectivity index (χ1) is 11.7. The molecule has 24 heavy (non-hydrogen) atoms. The standard InChI is InChI=1S/C16H24N4O4/c1-23-10-2-6-20(16(22)14-13-17-4-5-18-14)7-3-15(21)19-8-11-24-12-9-19/h4-5,13H,2-3,6-12H2,1H3. The third kappa shape index (κ3) is 5.54. The van der Waals surface area contributed by atoms with Gasteiger partial charge in [-0.05, 0) is 6.42 Å². The van der Waals surface area contributed by atoms with E-state index >= 15 is 0 Å². The lowest BCUT2D eigenvalue weighted by Crippen LogP contribution is -2.43. The van der Waals surface area contributed by atoms with E-state index in [4.69, 9.17) is 9.47 Å². The molecule has 0 aromatic carbocycles. The smallest absolute Gasteiger partial charge is 0.274 e. The van der Waals surface area contributed by atoms with Crippen molar-refractivity contribution in [1.29, 1.82) is 0 Å². The van der Waals surface area contributed by atoms with Gasteiger partial charge in [0.2, 0.25) is 5.91 Å². The molecule has 1 aliphatic heterocycles. The van der Waals surface area contributed by atoms with Gasteiger partial charge in [0.05, 0.1) is 19.4 Å². The average Bonchev–Trinajstić information content (AvgIpc) is 2.65. The molecule has 0 N–H and O–H groups in total. The van der Waals surface area contributed by atoms with E-state index in [0.717, 1.165) is 0 Å². The lowest BCUT2D eigenvalue weighted by atomic mass is 10.2. The summed E-state index contributed by atoms with van der Waals surface area (Å²) in [6, 6.07) is 0. The van der Waals surface area contributed by atoms with Gasteiger partial charge < -0.3 is 19.3 Å². The van der Waals surface area contributed by atoms with Crippen LogP contribution in [0.3, 0.4) is 0 Å². The van der Waals surface area contributed by atoms with E-state index in [0.29, 0.717) is 58.8 Å². The third-order valence-corrected chi connectivity index (χ3v) is 3.81. The van der Waals surface area contributed by atoms with Crippen molar-refractivity contribution in [3.63, 3.8) is 0 Å². The Morgan fingerprint density at radius 1 is 1.29 bits per heavy atom. The number of carbonyl (C=O) groups excluding carboxylic acids is 2. The second kappa shape index (κ2) is 9.94. The third-order valence-electron chi connectivity index (χ3n) is 3.81. The Morgan fingerprint density at radius 3 is 2.75 bits per heavy atom. The van der Waals surface area contributed by atoms with Crippen LogP contribution < -0.4 is 0 Å². The summed E-state index contributed by atoms with van der Waals surface area (Å²) in [6.45, 7) is 3.79. The number of rotatable bonds is 8. The molecule has 2 amide bonds. The van der Waals surface area contributed by atoms with Crippen molar-refractivity contribution in [2.45, 2.75) is 12.8 Å². The number of aromatic nitrogens is 2. The number of hydrogen-bond acceptors (Lipinski definition) is 6. The number of methoxy groups -OCH3 is 1. The van der Waals surface area contributed by atoms with E-state index in [2.05, 4.69) is 9.97 Å². The molecule has 1 aromatic heterocycles. The Kier molecular flexibility index (Phi) is 7.57. The second-order valence-corrected chi connectivity index (χ2v) is 5.47. The minimum atomic E-state index is -0.214. The molecule has 2 heterocycles. The molecule has 132 valence electrons. The Balaban J connectivity index is 1.92. The maximum absolute atomic E-state index is 12.6. The molecule has 2 rings (SSSR count). The molecule has 8 heteroatoms. The summed E-state index contributed by atoms with van der Waals surface area (Å²) in [4.78, 5) is 36.2. The normalized spacial score (nSPS) is 14.5. The van der Waals surface area contributed by atoms with E-state index in [-0.39, 0.29) is 17.5 Å². The summed E-state index contributed by atoms with van der Waals surface area (Å²) in [7, 11) is 1.62. The van der Waals surface area contributed by atoms with Gasteiger partial charge in [0.25, 0.3) is 5.91 Å².